The monoisotopic (exact) mass is 301 g/mol. The molecular formula is C14H12ClN5O. The van der Waals surface area contributed by atoms with Crippen LogP contribution in [0.25, 0.3) is 16.9 Å². The third-order valence-electron chi connectivity index (χ3n) is 3.14. The normalized spacial score (nSPS) is 10.8. The van der Waals surface area contributed by atoms with Gasteiger partial charge >= 0.3 is 0 Å². The SMILES string of the molecule is Cc1nc(-c2ccnc(Cl)c2)cn1-c1cnn(C)c(=O)c1. The highest BCUT2D eigenvalue weighted by atomic mass is 35.5. The Balaban J connectivity index is 2.09. The minimum Gasteiger partial charge on any atom is -0.301 e. The van der Waals surface area contributed by atoms with E-state index in [1.54, 1.807) is 25.5 Å². The van der Waals surface area contributed by atoms with Gasteiger partial charge in [0.1, 0.15) is 11.0 Å². The molecule has 0 aliphatic rings. The van der Waals surface area contributed by atoms with Gasteiger partial charge in [0.05, 0.1) is 17.6 Å². The molecule has 7 heteroatoms. The van der Waals surface area contributed by atoms with Gasteiger partial charge in [-0.05, 0) is 19.1 Å². The maximum atomic E-state index is 11.7. The maximum Gasteiger partial charge on any atom is 0.268 e. The van der Waals surface area contributed by atoms with Gasteiger partial charge in [0, 0.05) is 31.1 Å². The number of aryl methyl sites for hydroxylation is 2. The second kappa shape index (κ2) is 5.14. The van der Waals surface area contributed by atoms with Crippen LogP contribution < -0.4 is 5.56 Å². The lowest BCUT2D eigenvalue weighted by molar-refractivity contribution is 0.701. The summed E-state index contributed by atoms with van der Waals surface area (Å²) in [6.45, 7) is 1.86. The minimum atomic E-state index is -0.172. The first-order chi connectivity index (χ1) is 10.0. The zero-order valence-corrected chi connectivity index (χ0v) is 12.2. The van der Waals surface area contributed by atoms with Crippen molar-refractivity contribution in [1.29, 1.82) is 0 Å². The van der Waals surface area contributed by atoms with Crippen molar-refractivity contribution in [3.05, 3.63) is 58.1 Å². The van der Waals surface area contributed by atoms with Crippen molar-refractivity contribution in [1.82, 2.24) is 24.3 Å². The number of imidazole rings is 1. The molecule has 0 bridgehead atoms. The fourth-order valence-electron chi connectivity index (χ4n) is 2.03. The molecule has 0 spiro atoms. The Morgan fingerprint density at radius 3 is 2.81 bits per heavy atom. The van der Waals surface area contributed by atoms with E-state index in [0.29, 0.717) is 10.8 Å². The summed E-state index contributed by atoms with van der Waals surface area (Å²) < 4.78 is 3.09. The van der Waals surface area contributed by atoms with E-state index in [1.807, 2.05) is 23.8 Å². The summed E-state index contributed by atoms with van der Waals surface area (Å²) in [7, 11) is 1.61. The molecule has 0 amide bonds. The van der Waals surface area contributed by atoms with E-state index in [-0.39, 0.29) is 5.56 Å². The standard InChI is InChI=1S/C14H12ClN5O/c1-9-18-12(10-3-4-16-13(15)5-10)8-20(9)11-6-14(21)19(2)17-7-11/h3-8H,1-2H3. The van der Waals surface area contributed by atoms with E-state index in [9.17, 15) is 4.79 Å². The van der Waals surface area contributed by atoms with E-state index in [0.717, 1.165) is 17.1 Å². The summed E-state index contributed by atoms with van der Waals surface area (Å²) in [5, 5.41) is 4.43. The van der Waals surface area contributed by atoms with E-state index in [2.05, 4.69) is 15.1 Å². The number of aromatic nitrogens is 5. The van der Waals surface area contributed by atoms with Gasteiger partial charge in [-0.25, -0.2) is 14.6 Å². The Labute approximate surface area is 125 Å². The molecule has 0 fully saturated rings. The Morgan fingerprint density at radius 1 is 1.29 bits per heavy atom. The lowest BCUT2D eigenvalue weighted by Crippen LogP contribution is -2.19. The molecular weight excluding hydrogens is 290 g/mol. The van der Waals surface area contributed by atoms with Crippen molar-refractivity contribution in [2.75, 3.05) is 0 Å². The third-order valence-corrected chi connectivity index (χ3v) is 3.34. The predicted octanol–water partition coefficient (Wildman–Crippen LogP) is 1.99. The first-order valence-corrected chi connectivity index (χ1v) is 6.64. The molecule has 0 N–H and O–H groups in total. The van der Waals surface area contributed by atoms with Gasteiger partial charge in [0.15, 0.2) is 0 Å². The fraction of sp³-hybridized carbons (Fsp3) is 0.143. The van der Waals surface area contributed by atoms with Gasteiger partial charge in [0.25, 0.3) is 5.56 Å². The number of nitrogens with zero attached hydrogens (tertiary/aromatic N) is 5. The lowest BCUT2D eigenvalue weighted by Gasteiger charge is -2.04. The number of pyridine rings is 1. The van der Waals surface area contributed by atoms with E-state index < -0.39 is 0 Å². The van der Waals surface area contributed by atoms with Gasteiger partial charge in [-0.2, -0.15) is 5.10 Å². The van der Waals surface area contributed by atoms with Crippen molar-refractivity contribution in [3.63, 3.8) is 0 Å². The summed E-state index contributed by atoms with van der Waals surface area (Å²) in [5.41, 5.74) is 2.13. The van der Waals surface area contributed by atoms with Crippen LogP contribution in [0.3, 0.4) is 0 Å². The summed E-state index contributed by atoms with van der Waals surface area (Å²) >= 11 is 5.90. The number of hydrogen-bond acceptors (Lipinski definition) is 4. The van der Waals surface area contributed by atoms with Gasteiger partial charge in [0.2, 0.25) is 0 Å². The van der Waals surface area contributed by atoms with Crippen LogP contribution in [-0.2, 0) is 7.05 Å². The van der Waals surface area contributed by atoms with Gasteiger partial charge < -0.3 is 4.57 Å². The van der Waals surface area contributed by atoms with E-state index in [1.165, 1.54) is 10.7 Å². The van der Waals surface area contributed by atoms with Gasteiger partial charge in [-0.15, -0.1) is 0 Å². The molecule has 0 atom stereocenters. The largest absolute Gasteiger partial charge is 0.301 e. The van der Waals surface area contributed by atoms with E-state index >= 15 is 0 Å². The maximum absolute atomic E-state index is 11.7. The molecule has 0 saturated heterocycles. The average molecular weight is 302 g/mol. The summed E-state index contributed by atoms with van der Waals surface area (Å²) in [5.74, 6) is 0.757. The summed E-state index contributed by atoms with van der Waals surface area (Å²) in [6, 6.07) is 5.10. The second-order valence-electron chi connectivity index (χ2n) is 4.59. The van der Waals surface area contributed by atoms with Crippen LogP contribution >= 0.6 is 11.6 Å². The smallest absolute Gasteiger partial charge is 0.268 e. The molecule has 3 rings (SSSR count). The summed E-state index contributed by atoms with van der Waals surface area (Å²) in [4.78, 5) is 20.1. The average Bonchev–Trinajstić information content (AvgIpc) is 2.84. The molecule has 3 aromatic rings. The number of rotatable bonds is 2. The fourth-order valence-corrected chi connectivity index (χ4v) is 2.20. The van der Waals surface area contributed by atoms with Crippen LogP contribution in [0.5, 0.6) is 0 Å². The first-order valence-electron chi connectivity index (χ1n) is 6.26. The van der Waals surface area contributed by atoms with Crippen LogP contribution in [0.2, 0.25) is 5.15 Å². The molecule has 0 aliphatic carbocycles. The highest BCUT2D eigenvalue weighted by Crippen LogP contribution is 2.22. The first kappa shape index (κ1) is 13.5. The molecule has 0 aliphatic heterocycles. The predicted molar refractivity (Wildman–Crippen MR) is 79.6 cm³/mol. The molecule has 106 valence electrons. The highest BCUT2D eigenvalue weighted by Gasteiger charge is 2.09. The second-order valence-corrected chi connectivity index (χ2v) is 4.97. The van der Waals surface area contributed by atoms with Crippen molar-refractivity contribution >= 4 is 11.6 Å². The van der Waals surface area contributed by atoms with Crippen molar-refractivity contribution in [2.24, 2.45) is 7.05 Å². The van der Waals surface area contributed by atoms with Gasteiger partial charge in [-0.1, -0.05) is 11.6 Å². The van der Waals surface area contributed by atoms with Crippen molar-refractivity contribution in [3.8, 4) is 16.9 Å². The molecule has 3 aromatic heterocycles. The molecule has 0 saturated carbocycles. The molecule has 0 aromatic carbocycles. The lowest BCUT2D eigenvalue weighted by atomic mass is 10.2. The van der Waals surface area contributed by atoms with Gasteiger partial charge in [-0.3, -0.25) is 4.79 Å². The Bertz CT molecular complexity index is 868. The Morgan fingerprint density at radius 2 is 2.10 bits per heavy atom. The van der Waals surface area contributed by atoms with Crippen molar-refractivity contribution < 1.29 is 0 Å². The highest BCUT2D eigenvalue weighted by molar-refractivity contribution is 6.29. The number of halogens is 1. The van der Waals surface area contributed by atoms with Crippen LogP contribution in [0.1, 0.15) is 5.82 Å². The minimum absolute atomic E-state index is 0.172. The molecule has 0 radical (unpaired) electrons. The zero-order valence-electron chi connectivity index (χ0n) is 11.5. The Hall–Kier alpha value is -2.47. The van der Waals surface area contributed by atoms with Crippen molar-refractivity contribution in [2.45, 2.75) is 6.92 Å². The molecule has 6 nitrogen and oxygen atoms in total. The molecule has 3 heterocycles. The summed E-state index contributed by atoms with van der Waals surface area (Å²) in [6.07, 6.45) is 5.10. The van der Waals surface area contributed by atoms with Crippen LogP contribution in [-0.4, -0.2) is 24.3 Å². The van der Waals surface area contributed by atoms with Crippen LogP contribution in [0.4, 0.5) is 0 Å². The molecule has 21 heavy (non-hydrogen) atoms. The third kappa shape index (κ3) is 2.57. The Kier molecular flexibility index (Phi) is 3.31. The number of hydrogen-bond donors (Lipinski definition) is 0. The molecule has 0 unspecified atom stereocenters. The quantitative estimate of drug-likeness (QED) is 0.679. The topological polar surface area (TPSA) is 65.6 Å². The van der Waals surface area contributed by atoms with E-state index in [4.69, 9.17) is 11.6 Å². The van der Waals surface area contributed by atoms with Crippen LogP contribution in [0.15, 0.2) is 41.6 Å². The van der Waals surface area contributed by atoms with Crippen LogP contribution in [0, 0.1) is 6.92 Å². The zero-order chi connectivity index (χ0) is 15.0.